The standard InChI is InChI=1S/C89H171NO5/c1-3-5-7-9-11-13-15-17-19-21-23-46-49-53-57-61-65-69-73-77-81-87(92)86(85-91)90-88(93)82-78-74-70-66-62-58-54-50-47-43-41-39-37-35-33-31-29-27-25-24-26-28-30-32-34-36-38-40-42-44-48-52-56-60-64-68-72-76-80-84-95-89(94)83-79-75-71-67-63-59-55-51-45-22-20-18-16-14-12-10-8-6-4-2/h12,14,18,20,24-25,86-87,91-92H,3-11,13,15-17,19,21-23,26-85H2,1-2H3,(H,90,93)/b14-12-,20-18-,25-24-. The smallest absolute Gasteiger partial charge is 0.305 e. The Kier molecular flexibility index (Phi) is 82.8. The van der Waals surface area contributed by atoms with Crippen LogP contribution in [0.25, 0.3) is 0 Å². The predicted molar refractivity (Wildman–Crippen MR) is 421 cm³/mol. The lowest BCUT2D eigenvalue weighted by Gasteiger charge is -2.22. The molecule has 562 valence electrons. The fourth-order valence-corrected chi connectivity index (χ4v) is 14.0. The fourth-order valence-electron chi connectivity index (χ4n) is 14.0. The molecule has 95 heavy (non-hydrogen) atoms. The number of esters is 1. The summed E-state index contributed by atoms with van der Waals surface area (Å²) in [6.45, 7) is 4.98. The number of hydrogen-bond donors (Lipinski definition) is 3. The van der Waals surface area contributed by atoms with E-state index in [1.807, 2.05) is 0 Å². The molecule has 6 nitrogen and oxygen atoms in total. The summed E-state index contributed by atoms with van der Waals surface area (Å²) in [5.41, 5.74) is 0. The lowest BCUT2D eigenvalue weighted by atomic mass is 10.0. The Labute approximate surface area is 595 Å². The highest BCUT2D eigenvalue weighted by molar-refractivity contribution is 5.76. The van der Waals surface area contributed by atoms with Crippen LogP contribution in [0.1, 0.15) is 495 Å². The van der Waals surface area contributed by atoms with Crippen molar-refractivity contribution < 1.29 is 24.5 Å². The number of aliphatic hydroxyl groups excluding tert-OH is 2. The van der Waals surface area contributed by atoms with E-state index < -0.39 is 12.1 Å². The van der Waals surface area contributed by atoms with Gasteiger partial charge in [0.1, 0.15) is 0 Å². The number of amides is 1. The molecule has 0 aromatic carbocycles. The van der Waals surface area contributed by atoms with Crippen molar-refractivity contribution in [2.24, 2.45) is 0 Å². The minimum Gasteiger partial charge on any atom is -0.466 e. The number of ether oxygens (including phenoxy) is 1. The summed E-state index contributed by atoms with van der Waals surface area (Å²) in [4.78, 5) is 24.7. The fraction of sp³-hybridized carbons (Fsp3) is 0.910. The maximum Gasteiger partial charge on any atom is 0.305 e. The minimum absolute atomic E-state index is 0.0196. The van der Waals surface area contributed by atoms with Crippen molar-refractivity contribution in [1.82, 2.24) is 5.32 Å². The van der Waals surface area contributed by atoms with Gasteiger partial charge in [-0.1, -0.05) is 436 Å². The molecule has 2 atom stereocenters. The van der Waals surface area contributed by atoms with Crippen molar-refractivity contribution in [3.8, 4) is 0 Å². The number of unbranched alkanes of at least 4 members (excludes halogenated alkanes) is 66. The quantitative estimate of drug-likeness (QED) is 0.0320. The van der Waals surface area contributed by atoms with Gasteiger partial charge >= 0.3 is 5.97 Å². The zero-order valence-electron chi connectivity index (χ0n) is 64.7. The summed E-state index contributed by atoms with van der Waals surface area (Å²) in [7, 11) is 0. The molecule has 0 rings (SSSR count). The second kappa shape index (κ2) is 84.5. The van der Waals surface area contributed by atoms with E-state index >= 15 is 0 Å². The highest BCUT2D eigenvalue weighted by Crippen LogP contribution is 2.21. The summed E-state index contributed by atoms with van der Waals surface area (Å²) >= 11 is 0. The van der Waals surface area contributed by atoms with Gasteiger partial charge in [0.15, 0.2) is 0 Å². The monoisotopic (exact) mass is 1330 g/mol. The number of carbonyl (C=O) groups excluding carboxylic acids is 2. The van der Waals surface area contributed by atoms with E-state index in [9.17, 15) is 19.8 Å². The van der Waals surface area contributed by atoms with Gasteiger partial charge in [0.05, 0.1) is 25.4 Å². The van der Waals surface area contributed by atoms with Gasteiger partial charge in [-0.2, -0.15) is 0 Å². The van der Waals surface area contributed by atoms with Crippen LogP contribution in [0, 0.1) is 0 Å². The van der Waals surface area contributed by atoms with Crippen LogP contribution in [0.5, 0.6) is 0 Å². The van der Waals surface area contributed by atoms with Crippen molar-refractivity contribution in [3.05, 3.63) is 36.5 Å². The van der Waals surface area contributed by atoms with Gasteiger partial charge < -0.3 is 20.3 Å². The zero-order chi connectivity index (χ0) is 68.4. The lowest BCUT2D eigenvalue weighted by Crippen LogP contribution is -2.45. The Morgan fingerprint density at radius 3 is 0.832 bits per heavy atom. The molecular formula is C89H171NO5. The van der Waals surface area contributed by atoms with Crippen LogP contribution in [0.3, 0.4) is 0 Å². The van der Waals surface area contributed by atoms with Crippen LogP contribution in [-0.4, -0.2) is 47.4 Å². The SMILES string of the molecule is CCCCC/C=C\C/C=C\CCCCCCCCCCCC(=O)OCCCCCCCCCCCCCCCCCCCC/C=C\CCCCCCCCCCCCCCCCCCCC(=O)NC(CO)C(O)CCCCCCCCCCCCCCCCCCCCCC. The summed E-state index contributed by atoms with van der Waals surface area (Å²) < 4.78 is 5.52. The Morgan fingerprint density at radius 1 is 0.295 bits per heavy atom. The molecule has 0 radical (unpaired) electrons. The van der Waals surface area contributed by atoms with Gasteiger partial charge in [0.25, 0.3) is 0 Å². The third-order valence-corrected chi connectivity index (χ3v) is 20.7. The van der Waals surface area contributed by atoms with Crippen molar-refractivity contribution in [2.45, 2.75) is 508 Å². The van der Waals surface area contributed by atoms with Crippen LogP contribution < -0.4 is 5.32 Å². The minimum atomic E-state index is -0.662. The van der Waals surface area contributed by atoms with Crippen molar-refractivity contribution >= 4 is 11.9 Å². The van der Waals surface area contributed by atoms with E-state index in [0.717, 1.165) is 44.9 Å². The van der Waals surface area contributed by atoms with E-state index in [1.165, 1.54) is 417 Å². The van der Waals surface area contributed by atoms with Crippen molar-refractivity contribution in [1.29, 1.82) is 0 Å². The van der Waals surface area contributed by atoms with Crippen LogP contribution in [0.2, 0.25) is 0 Å². The average Bonchev–Trinajstić information content (AvgIpc) is 2.96. The number of nitrogens with one attached hydrogen (secondary N) is 1. The molecule has 1 amide bonds. The molecule has 0 aliphatic heterocycles. The molecule has 0 aliphatic rings. The van der Waals surface area contributed by atoms with E-state index in [2.05, 4.69) is 55.6 Å². The van der Waals surface area contributed by atoms with Crippen molar-refractivity contribution in [2.75, 3.05) is 13.2 Å². The van der Waals surface area contributed by atoms with E-state index in [1.54, 1.807) is 0 Å². The largest absolute Gasteiger partial charge is 0.466 e. The molecular weight excluding hydrogens is 1160 g/mol. The highest BCUT2D eigenvalue weighted by Gasteiger charge is 2.20. The number of rotatable bonds is 83. The topological polar surface area (TPSA) is 95.9 Å². The first-order chi connectivity index (χ1) is 47.0. The highest BCUT2D eigenvalue weighted by atomic mass is 16.5. The molecule has 2 unspecified atom stereocenters. The van der Waals surface area contributed by atoms with Crippen LogP contribution in [0.4, 0.5) is 0 Å². The van der Waals surface area contributed by atoms with Gasteiger partial charge in [-0.25, -0.2) is 0 Å². The van der Waals surface area contributed by atoms with Crippen molar-refractivity contribution in [3.63, 3.8) is 0 Å². The number of aliphatic hydroxyl groups is 2. The Balaban J connectivity index is 3.32. The number of hydrogen-bond acceptors (Lipinski definition) is 5. The van der Waals surface area contributed by atoms with Gasteiger partial charge in [-0.05, 0) is 83.5 Å². The van der Waals surface area contributed by atoms with E-state index in [4.69, 9.17) is 4.74 Å². The second-order valence-electron chi connectivity index (χ2n) is 30.2. The van der Waals surface area contributed by atoms with Gasteiger partial charge in [-0.15, -0.1) is 0 Å². The Bertz CT molecular complexity index is 1540. The molecule has 0 fully saturated rings. The van der Waals surface area contributed by atoms with Gasteiger partial charge in [0, 0.05) is 12.8 Å². The predicted octanol–water partition coefficient (Wildman–Crippen LogP) is 29.3. The molecule has 6 heteroatoms. The molecule has 0 aromatic rings. The lowest BCUT2D eigenvalue weighted by molar-refractivity contribution is -0.143. The molecule has 0 saturated heterocycles. The van der Waals surface area contributed by atoms with Gasteiger partial charge in [-0.3, -0.25) is 9.59 Å². The summed E-state index contributed by atoms with van der Waals surface area (Å²) in [5.74, 6) is -0.00564. The second-order valence-corrected chi connectivity index (χ2v) is 30.2. The molecule has 0 spiro atoms. The van der Waals surface area contributed by atoms with Gasteiger partial charge in [0.2, 0.25) is 5.91 Å². The first-order valence-electron chi connectivity index (χ1n) is 43.7. The molecule has 0 aromatic heterocycles. The molecule has 0 aliphatic carbocycles. The summed E-state index contributed by atoms with van der Waals surface area (Å²) in [5, 5.41) is 23.5. The van der Waals surface area contributed by atoms with E-state index in [0.29, 0.717) is 25.9 Å². The number of allylic oxidation sites excluding steroid dienone is 6. The normalized spacial score (nSPS) is 12.6. The molecule has 0 heterocycles. The van der Waals surface area contributed by atoms with Crippen LogP contribution >= 0.6 is 0 Å². The zero-order valence-corrected chi connectivity index (χ0v) is 64.7. The average molecular weight is 1340 g/mol. The Hall–Kier alpha value is -1.92. The third-order valence-electron chi connectivity index (χ3n) is 20.7. The van der Waals surface area contributed by atoms with Crippen LogP contribution in [0.15, 0.2) is 36.5 Å². The Morgan fingerprint density at radius 2 is 0.526 bits per heavy atom. The summed E-state index contributed by atoms with van der Waals surface area (Å²) in [6.07, 6.45) is 111. The first kappa shape index (κ1) is 93.1. The molecule has 0 bridgehead atoms. The van der Waals surface area contributed by atoms with E-state index in [-0.39, 0.29) is 18.5 Å². The maximum absolute atomic E-state index is 12.6. The maximum atomic E-state index is 12.6. The summed E-state index contributed by atoms with van der Waals surface area (Å²) in [6, 6.07) is -0.539. The third kappa shape index (κ3) is 80.9. The number of carbonyl (C=O) groups is 2. The molecule has 0 saturated carbocycles. The molecule has 3 N–H and O–H groups in total. The van der Waals surface area contributed by atoms with Crippen LogP contribution in [-0.2, 0) is 14.3 Å². The first-order valence-corrected chi connectivity index (χ1v) is 43.7.